The molecule has 2 aromatic carbocycles. The lowest BCUT2D eigenvalue weighted by Gasteiger charge is -2.14. The second-order valence-corrected chi connectivity index (χ2v) is 6.54. The highest BCUT2D eigenvalue weighted by atomic mass is 32.2. The van der Waals surface area contributed by atoms with Gasteiger partial charge < -0.3 is 14.0 Å². The number of hydrogen-bond acceptors (Lipinski definition) is 5. The number of carboxylic acid groups (broad SMARTS) is 1. The first-order valence-electron chi connectivity index (χ1n) is 6.97. The number of benzene rings is 2. The molecular weight excluding hydrogens is 365 g/mol. The predicted octanol–water partition coefficient (Wildman–Crippen LogP) is 3.31. The van der Waals surface area contributed by atoms with Gasteiger partial charge in [0.05, 0.1) is 0 Å². The summed E-state index contributed by atoms with van der Waals surface area (Å²) in [6.07, 6.45) is -0.872. The first-order chi connectivity index (χ1) is 11.5. The van der Waals surface area contributed by atoms with Crippen molar-refractivity contribution in [2.75, 3.05) is 0 Å². The van der Waals surface area contributed by atoms with E-state index in [1.807, 2.05) is 0 Å². The van der Waals surface area contributed by atoms with Gasteiger partial charge in [0, 0.05) is 0 Å². The van der Waals surface area contributed by atoms with Crippen molar-refractivity contribution in [3.05, 3.63) is 36.4 Å². The molecule has 10 heteroatoms. The van der Waals surface area contributed by atoms with E-state index in [4.69, 9.17) is 9.84 Å². The zero-order valence-electron chi connectivity index (χ0n) is 12.8. The van der Waals surface area contributed by atoms with Gasteiger partial charge in [-0.1, -0.05) is 19.1 Å². The Balaban J connectivity index is 2.34. The molecule has 0 aromatic heterocycles. The summed E-state index contributed by atoms with van der Waals surface area (Å²) in [6.45, 7) is 1.62. The Hall–Kier alpha value is -2.49. The lowest BCUT2D eigenvalue weighted by Crippen LogP contribution is -2.28. The number of carboxylic acids is 1. The highest BCUT2D eigenvalue weighted by molar-refractivity contribution is 7.88. The van der Waals surface area contributed by atoms with Gasteiger partial charge in [0.1, 0.15) is 11.5 Å². The van der Waals surface area contributed by atoms with Gasteiger partial charge in [-0.3, -0.25) is 0 Å². The molecule has 1 unspecified atom stereocenters. The Morgan fingerprint density at radius 2 is 1.68 bits per heavy atom. The fraction of sp³-hybridized carbons (Fsp3) is 0.267. The second-order valence-electron chi connectivity index (χ2n) is 5.01. The number of alkyl halides is 3. The van der Waals surface area contributed by atoms with E-state index in [2.05, 4.69) is 4.18 Å². The van der Waals surface area contributed by atoms with E-state index in [1.54, 1.807) is 13.0 Å². The maximum absolute atomic E-state index is 12.4. The van der Waals surface area contributed by atoms with Crippen LogP contribution in [-0.4, -0.2) is 31.1 Å². The van der Waals surface area contributed by atoms with Crippen LogP contribution in [0, 0.1) is 0 Å². The molecule has 0 radical (unpaired) electrons. The molecule has 0 amide bonds. The predicted molar refractivity (Wildman–Crippen MR) is 81.9 cm³/mol. The summed E-state index contributed by atoms with van der Waals surface area (Å²) < 4.78 is 68.5. The molecule has 0 heterocycles. The van der Waals surface area contributed by atoms with Gasteiger partial charge in [0.15, 0.2) is 6.10 Å². The summed E-state index contributed by atoms with van der Waals surface area (Å²) in [6, 6.07) is 7.98. The summed E-state index contributed by atoms with van der Waals surface area (Å²) in [5, 5.41) is 9.88. The fourth-order valence-electron chi connectivity index (χ4n) is 1.97. The average molecular weight is 378 g/mol. The fourth-order valence-corrected chi connectivity index (χ4v) is 2.43. The van der Waals surface area contributed by atoms with Crippen LogP contribution in [-0.2, 0) is 14.9 Å². The van der Waals surface area contributed by atoms with E-state index in [1.165, 1.54) is 18.2 Å². The summed E-state index contributed by atoms with van der Waals surface area (Å²) in [7, 11) is -5.77. The first kappa shape index (κ1) is 18.8. The van der Waals surface area contributed by atoms with Crippen LogP contribution in [0.4, 0.5) is 13.2 Å². The van der Waals surface area contributed by atoms with E-state index >= 15 is 0 Å². The lowest BCUT2D eigenvalue weighted by atomic mass is 10.1. The third kappa shape index (κ3) is 4.32. The van der Waals surface area contributed by atoms with Crippen LogP contribution in [0.3, 0.4) is 0 Å². The molecule has 1 atom stereocenters. The summed E-state index contributed by atoms with van der Waals surface area (Å²) in [5.41, 5.74) is -5.54. The third-order valence-electron chi connectivity index (χ3n) is 3.20. The Kier molecular flexibility index (Phi) is 5.12. The number of rotatable bonds is 6. The van der Waals surface area contributed by atoms with Crippen LogP contribution < -0.4 is 8.92 Å². The molecule has 0 aliphatic rings. The quantitative estimate of drug-likeness (QED) is 0.613. The molecule has 1 N–H and O–H groups in total. The number of hydrogen-bond donors (Lipinski definition) is 1. The zero-order valence-corrected chi connectivity index (χ0v) is 13.6. The summed E-state index contributed by atoms with van der Waals surface area (Å²) >= 11 is 0. The maximum atomic E-state index is 12.4. The van der Waals surface area contributed by atoms with Gasteiger partial charge in [-0.05, 0) is 41.5 Å². The van der Waals surface area contributed by atoms with Crippen molar-refractivity contribution in [2.45, 2.75) is 25.0 Å². The second kappa shape index (κ2) is 6.79. The molecule has 2 aromatic rings. The van der Waals surface area contributed by atoms with Crippen LogP contribution in [0.25, 0.3) is 10.8 Å². The largest absolute Gasteiger partial charge is 0.534 e. The highest BCUT2D eigenvalue weighted by Crippen LogP contribution is 2.30. The van der Waals surface area contributed by atoms with Crippen LogP contribution in [0.15, 0.2) is 36.4 Å². The van der Waals surface area contributed by atoms with Crippen LogP contribution in [0.2, 0.25) is 0 Å². The van der Waals surface area contributed by atoms with Crippen molar-refractivity contribution in [3.8, 4) is 11.5 Å². The average Bonchev–Trinajstić information content (AvgIpc) is 2.50. The van der Waals surface area contributed by atoms with Gasteiger partial charge in [0.2, 0.25) is 0 Å². The number of carbonyl (C=O) groups is 1. The van der Waals surface area contributed by atoms with Crippen molar-refractivity contribution in [2.24, 2.45) is 0 Å². The van der Waals surface area contributed by atoms with E-state index in [0.29, 0.717) is 10.8 Å². The molecule has 0 fully saturated rings. The summed E-state index contributed by atoms with van der Waals surface area (Å²) in [5.74, 6) is -1.50. The van der Waals surface area contributed by atoms with Gasteiger partial charge in [-0.15, -0.1) is 0 Å². The molecule has 0 bridgehead atoms. The topological polar surface area (TPSA) is 89.9 Å². The van der Waals surface area contributed by atoms with Crippen molar-refractivity contribution in [1.29, 1.82) is 0 Å². The number of ether oxygens (including phenoxy) is 1. The van der Waals surface area contributed by atoms with Crippen LogP contribution >= 0.6 is 0 Å². The van der Waals surface area contributed by atoms with Crippen molar-refractivity contribution in [1.82, 2.24) is 0 Å². The molecule has 0 aliphatic carbocycles. The van der Waals surface area contributed by atoms with Crippen LogP contribution in [0.5, 0.6) is 11.5 Å². The molecule has 0 saturated carbocycles. The summed E-state index contributed by atoms with van der Waals surface area (Å²) in [4.78, 5) is 11.0. The Morgan fingerprint density at radius 1 is 1.12 bits per heavy atom. The molecule has 25 heavy (non-hydrogen) atoms. The molecule has 2 rings (SSSR count). The van der Waals surface area contributed by atoms with Crippen molar-refractivity contribution < 1.29 is 40.4 Å². The van der Waals surface area contributed by atoms with Crippen molar-refractivity contribution >= 4 is 26.9 Å². The Bertz CT molecular complexity index is 892. The van der Waals surface area contributed by atoms with Gasteiger partial charge in [-0.25, -0.2) is 4.79 Å². The minimum atomic E-state index is -5.77. The first-order valence-corrected chi connectivity index (χ1v) is 8.38. The SMILES string of the molecule is CCC(Oc1ccc2ccc(OS(=O)(=O)C(F)(F)F)cc2c1)C(=O)O. The monoisotopic (exact) mass is 378 g/mol. The number of aliphatic carboxylic acids is 1. The van der Waals surface area contributed by atoms with E-state index in [-0.39, 0.29) is 12.2 Å². The van der Waals surface area contributed by atoms with Gasteiger partial charge >= 0.3 is 21.6 Å². The van der Waals surface area contributed by atoms with Gasteiger partial charge in [-0.2, -0.15) is 21.6 Å². The normalized spacial score (nSPS) is 13.4. The third-order valence-corrected chi connectivity index (χ3v) is 4.18. The molecule has 0 spiro atoms. The minimum absolute atomic E-state index is 0.178. The van der Waals surface area contributed by atoms with Crippen LogP contribution in [0.1, 0.15) is 13.3 Å². The maximum Gasteiger partial charge on any atom is 0.534 e. The molecule has 136 valence electrons. The lowest BCUT2D eigenvalue weighted by molar-refractivity contribution is -0.145. The molecular formula is C15H13F3O6S. The van der Waals surface area contributed by atoms with E-state index in [9.17, 15) is 26.4 Å². The zero-order chi connectivity index (χ0) is 18.8. The number of halogens is 3. The van der Waals surface area contributed by atoms with E-state index < -0.39 is 33.4 Å². The molecule has 6 nitrogen and oxygen atoms in total. The Morgan fingerprint density at radius 3 is 2.20 bits per heavy atom. The minimum Gasteiger partial charge on any atom is -0.479 e. The number of fused-ring (bicyclic) bond motifs is 1. The van der Waals surface area contributed by atoms with Gasteiger partial charge in [0.25, 0.3) is 0 Å². The molecule has 0 saturated heterocycles. The van der Waals surface area contributed by atoms with Crippen molar-refractivity contribution in [3.63, 3.8) is 0 Å². The Labute approximate surface area is 140 Å². The molecule has 0 aliphatic heterocycles. The standard InChI is InChI=1S/C15H13F3O6S/c1-2-13(14(19)20)23-11-5-3-9-4-6-12(8-10(9)7-11)24-25(21,22)15(16,17)18/h3-8,13H,2H2,1H3,(H,19,20). The highest BCUT2D eigenvalue weighted by Gasteiger charge is 2.48. The smallest absolute Gasteiger partial charge is 0.479 e. The van der Waals surface area contributed by atoms with E-state index in [0.717, 1.165) is 12.1 Å².